The molecule has 0 amide bonds. The van der Waals surface area contributed by atoms with Gasteiger partial charge < -0.3 is 0 Å². The summed E-state index contributed by atoms with van der Waals surface area (Å²) in [6.07, 6.45) is 16.4. The van der Waals surface area contributed by atoms with E-state index in [2.05, 4.69) is 6.92 Å². The van der Waals surface area contributed by atoms with Crippen molar-refractivity contribution >= 4 is 0 Å². The van der Waals surface area contributed by atoms with Crippen LogP contribution >= 0.6 is 0 Å². The Kier molecular flexibility index (Phi) is 7.12. The van der Waals surface area contributed by atoms with Gasteiger partial charge in [-0.25, -0.2) is 4.39 Å². The molecule has 2 fully saturated rings. The van der Waals surface area contributed by atoms with Crippen LogP contribution in [0.15, 0.2) is 18.2 Å². The standard InChI is InChI=1S/C24H34FN/c1-2-3-4-5-6-7-18-8-9-20-15-21(11-10-19(20)14-18)22-12-13-23(17-26)24(25)16-22/h12-13,16,18-21H,2-11,14-15H2,1H3/t18-,19-,20-,21-/m1/s1. The molecular weight excluding hydrogens is 321 g/mol. The van der Waals surface area contributed by atoms with Crippen molar-refractivity contribution in [3.8, 4) is 6.07 Å². The van der Waals surface area contributed by atoms with Gasteiger partial charge in [-0.15, -0.1) is 0 Å². The Labute approximate surface area is 159 Å². The van der Waals surface area contributed by atoms with Crippen molar-refractivity contribution in [2.75, 3.05) is 0 Å². The summed E-state index contributed by atoms with van der Waals surface area (Å²) < 4.78 is 14.0. The molecule has 0 unspecified atom stereocenters. The zero-order chi connectivity index (χ0) is 18.4. The van der Waals surface area contributed by atoms with Crippen molar-refractivity contribution in [3.63, 3.8) is 0 Å². The lowest BCUT2D eigenvalue weighted by molar-refractivity contribution is 0.113. The highest BCUT2D eigenvalue weighted by Gasteiger charge is 2.35. The number of nitriles is 1. The van der Waals surface area contributed by atoms with E-state index < -0.39 is 0 Å². The van der Waals surface area contributed by atoms with E-state index in [0.29, 0.717) is 5.92 Å². The van der Waals surface area contributed by atoms with Crippen LogP contribution in [0.5, 0.6) is 0 Å². The van der Waals surface area contributed by atoms with Gasteiger partial charge in [0.15, 0.2) is 0 Å². The molecule has 0 aliphatic heterocycles. The van der Waals surface area contributed by atoms with Crippen molar-refractivity contribution in [1.82, 2.24) is 0 Å². The molecule has 2 heteroatoms. The minimum absolute atomic E-state index is 0.168. The van der Waals surface area contributed by atoms with Gasteiger partial charge in [0, 0.05) is 0 Å². The molecule has 0 saturated heterocycles. The van der Waals surface area contributed by atoms with Crippen molar-refractivity contribution in [2.24, 2.45) is 17.8 Å². The van der Waals surface area contributed by atoms with E-state index in [9.17, 15) is 4.39 Å². The first-order chi connectivity index (χ1) is 12.7. The zero-order valence-corrected chi connectivity index (χ0v) is 16.4. The number of nitrogens with zero attached hydrogens (tertiary/aromatic N) is 1. The van der Waals surface area contributed by atoms with Gasteiger partial charge in [-0.1, -0.05) is 57.9 Å². The molecule has 2 saturated carbocycles. The second-order valence-electron chi connectivity index (χ2n) is 8.76. The molecular formula is C24H34FN. The number of fused-ring (bicyclic) bond motifs is 1. The van der Waals surface area contributed by atoms with Crippen LogP contribution in [-0.4, -0.2) is 0 Å². The normalized spacial score (nSPS) is 28.3. The first-order valence-electron chi connectivity index (χ1n) is 10.9. The predicted molar refractivity (Wildman–Crippen MR) is 105 cm³/mol. The SMILES string of the molecule is CCCCCCC[C@@H]1CC[C@@H]2C[C@H](c3ccc(C#N)c(F)c3)CC[C@@H]2C1. The molecule has 26 heavy (non-hydrogen) atoms. The molecule has 1 aromatic carbocycles. The fraction of sp³-hybridized carbons (Fsp3) is 0.708. The van der Waals surface area contributed by atoms with Crippen LogP contribution in [0.25, 0.3) is 0 Å². The van der Waals surface area contributed by atoms with Crippen LogP contribution in [0.1, 0.15) is 101 Å². The van der Waals surface area contributed by atoms with Crippen LogP contribution in [-0.2, 0) is 0 Å². The second-order valence-corrected chi connectivity index (χ2v) is 8.76. The van der Waals surface area contributed by atoms with Gasteiger partial charge in [0.2, 0.25) is 0 Å². The average Bonchev–Trinajstić information content (AvgIpc) is 2.67. The molecule has 2 aliphatic carbocycles. The fourth-order valence-corrected chi connectivity index (χ4v) is 5.46. The third-order valence-electron chi connectivity index (χ3n) is 7.02. The lowest BCUT2D eigenvalue weighted by Crippen LogP contribution is -2.30. The fourth-order valence-electron chi connectivity index (χ4n) is 5.46. The van der Waals surface area contributed by atoms with Gasteiger partial charge >= 0.3 is 0 Å². The number of hydrogen-bond acceptors (Lipinski definition) is 1. The minimum atomic E-state index is -0.348. The van der Waals surface area contributed by atoms with Gasteiger partial charge in [-0.2, -0.15) is 5.26 Å². The summed E-state index contributed by atoms with van der Waals surface area (Å²) in [5.41, 5.74) is 1.28. The maximum atomic E-state index is 14.0. The molecule has 0 heterocycles. The molecule has 0 radical (unpaired) electrons. The molecule has 2 aliphatic rings. The number of unbranched alkanes of at least 4 members (excludes halogenated alkanes) is 4. The third-order valence-corrected chi connectivity index (χ3v) is 7.02. The number of hydrogen-bond donors (Lipinski definition) is 0. The van der Waals surface area contributed by atoms with Crippen molar-refractivity contribution in [1.29, 1.82) is 5.26 Å². The molecule has 142 valence electrons. The smallest absolute Gasteiger partial charge is 0.141 e. The monoisotopic (exact) mass is 355 g/mol. The second kappa shape index (κ2) is 9.54. The molecule has 0 bridgehead atoms. The lowest BCUT2D eigenvalue weighted by Gasteiger charge is -2.42. The van der Waals surface area contributed by atoms with Crippen LogP contribution in [0.2, 0.25) is 0 Å². The Balaban J connectivity index is 1.48. The Bertz CT molecular complexity index is 617. The lowest BCUT2D eigenvalue weighted by atomic mass is 9.63. The summed E-state index contributed by atoms with van der Waals surface area (Å²) in [7, 11) is 0. The molecule has 3 rings (SSSR count). The van der Waals surface area contributed by atoms with E-state index >= 15 is 0 Å². The van der Waals surface area contributed by atoms with E-state index in [1.54, 1.807) is 12.1 Å². The van der Waals surface area contributed by atoms with Gasteiger partial charge in [-0.05, 0) is 73.5 Å². The number of benzene rings is 1. The van der Waals surface area contributed by atoms with Gasteiger partial charge in [0.1, 0.15) is 11.9 Å². The van der Waals surface area contributed by atoms with Gasteiger partial charge in [0.25, 0.3) is 0 Å². The Hall–Kier alpha value is -1.36. The van der Waals surface area contributed by atoms with E-state index in [1.165, 1.54) is 77.0 Å². The summed E-state index contributed by atoms with van der Waals surface area (Å²) in [5, 5.41) is 8.91. The predicted octanol–water partition coefficient (Wildman–Crippen LogP) is 7.36. The first-order valence-corrected chi connectivity index (χ1v) is 10.9. The Morgan fingerprint density at radius 2 is 1.77 bits per heavy atom. The highest BCUT2D eigenvalue weighted by molar-refractivity contribution is 5.35. The molecule has 1 aromatic rings. The summed E-state index contributed by atoms with van der Waals surface area (Å²) in [5.74, 6) is 2.84. The van der Waals surface area contributed by atoms with Gasteiger partial charge in [-0.3, -0.25) is 0 Å². The highest BCUT2D eigenvalue weighted by Crippen LogP contribution is 2.48. The average molecular weight is 356 g/mol. The summed E-state index contributed by atoms with van der Waals surface area (Å²) >= 11 is 0. The highest BCUT2D eigenvalue weighted by atomic mass is 19.1. The van der Waals surface area contributed by atoms with Crippen LogP contribution in [0.3, 0.4) is 0 Å². The summed E-state index contributed by atoms with van der Waals surface area (Å²) in [6.45, 7) is 2.28. The zero-order valence-electron chi connectivity index (χ0n) is 16.4. The third kappa shape index (κ3) is 4.87. The maximum Gasteiger partial charge on any atom is 0.141 e. The molecule has 0 spiro atoms. The van der Waals surface area contributed by atoms with Crippen molar-refractivity contribution < 1.29 is 4.39 Å². The minimum Gasteiger partial charge on any atom is -0.206 e. The Morgan fingerprint density at radius 3 is 2.54 bits per heavy atom. The van der Waals surface area contributed by atoms with Crippen LogP contribution in [0.4, 0.5) is 4.39 Å². The van der Waals surface area contributed by atoms with Crippen LogP contribution in [0, 0.1) is 34.9 Å². The summed E-state index contributed by atoms with van der Waals surface area (Å²) in [6, 6.07) is 7.18. The van der Waals surface area contributed by atoms with Crippen LogP contribution < -0.4 is 0 Å². The first kappa shape index (κ1) is 19.4. The molecule has 0 aromatic heterocycles. The molecule has 0 N–H and O–H groups in total. The quantitative estimate of drug-likeness (QED) is 0.469. The van der Waals surface area contributed by atoms with E-state index in [0.717, 1.165) is 23.3 Å². The number of rotatable bonds is 7. The number of halogens is 1. The Morgan fingerprint density at radius 1 is 1.00 bits per heavy atom. The van der Waals surface area contributed by atoms with E-state index in [1.807, 2.05) is 12.1 Å². The summed E-state index contributed by atoms with van der Waals surface area (Å²) in [4.78, 5) is 0. The molecule has 4 atom stereocenters. The topological polar surface area (TPSA) is 23.8 Å². The van der Waals surface area contributed by atoms with Crippen molar-refractivity contribution in [3.05, 3.63) is 35.1 Å². The van der Waals surface area contributed by atoms with E-state index in [-0.39, 0.29) is 11.4 Å². The molecule has 1 nitrogen and oxygen atoms in total. The maximum absolute atomic E-state index is 14.0. The van der Waals surface area contributed by atoms with Gasteiger partial charge in [0.05, 0.1) is 5.56 Å². The van der Waals surface area contributed by atoms with Crippen molar-refractivity contribution in [2.45, 2.75) is 89.9 Å². The largest absolute Gasteiger partial charge is 0.206 e. The van der Waals surface area contributed by atoms with E-state index in [4.69, 9.17) is 5.26 Å².